The molecule has 1 aromatic rings. The van der Waals surface area contributed by atoms with Crippen molar-refractivity contribution in [3.8, 4) is 11.5 Å². The smallest absolute Gasteiger partial charge is 0.127 e. The van der Waals surface area contributed by atoms with Crippen LogP contribution in [0.3, 0.4) is 0 Å². The summed E-state index contributed by atoms with van der Waals surface area (Å²) in [4.78, 5) is 0. The first-order valence-corrected chi connectivity index (χ1v) is 5.51. The fourth-order valence-corrected chi connectivity index (χ4v) is 1.67. The minimum Gasteiger partial charge on any atom is -0.508 e. The van der Waals surface area contributed by atoms with Crippen molar-refractivity contribution in [2.75, 3.05) is 13.7 Å². The molecule has 0 saturated heterocycles. The predicted molar refractivity (Wildman–Crippen MR) is 64.5 cm³/mol. The SMILES string of the molecule is COc1cc(O)ccc1[C@@H](N)CCCCN. The van der Waals surface area contributed by atoms with E-state index >= 15 is 0 Å². The first-order chi connectivity index (χ1) is 7.69. The lowest BCUT2D eigenvalue weighted by atomic mass is 10.0. The fraction of sp³-hybridized carbons (Fsp3) is 0.500. The van der Waals surface area contributed by atoms with Gasteiger partial charge in [-0.15, -0.1) is 0 Å². The van der Waals surface area contributed by atoms with Crippen LogP contribution in [0.15, 0.2) is 18.2 Å². The Morgan fingerprint density at radius 1 is 1.38 bits per heavy atom. The first kappa shape index (κ1) is 12.8. The number of nitrogens with two attached hydrogens (primary N) is 2. The summed E-state index contributed by atoms with van der Waals surface area (Å²) in [6, 6.07) is 4.95. The van der Waals surface area contributed by atoms with Crippen LogP contribution >= 0.6 is 0 Å². The number of hydrogen-bond acceptors (Lipinski definition) is 4. The van der Waals surface area contributed by atoms with Crippen LogP contribution in [0.2, 0.25) is 0 Å². The van der Waals surface area contributed by atoms with Gasteiger partial charge in [-0.1, -0.05) is 12.5 Å². The van der Waals surface area contributed by atoms with Gasteiger partial charge in [-0.05, 0) is 25.5 Å². The summed E-state index contributed by atoms with van der Waals surface area (Å²) < 4.78 is 5.19. The van der Waals surface area contributed by atoms with E-state index in [4.69, 9.17) is 16.2 Å². The number of hydrogen-bond donors (Lipinski definition) is 3. The molecule has 0 radical (unpaired) electrons. The van der Waals surface area contributed by atoms with E-state index in [2.05, 4.69) is 0 Å². The molecule has 0 heterocycles. The van der Waals surface area contributed by atoms with Crippen molar-refractivity contribution in [1.82, 2.24) is 0 Å². The van der Waals surface area contributed by atoms with E-state index in [9.17, 15) is 5.11 Å². The summed E-state index contributed by atoms with van der Waals surface area (Å²) in [5.74, 6) is 0.829. The van der Waals surface area contributed by atoms with Gasteiger partial charge in [-0.3, -0.25) is 0 Å². The number of rotatable bonds is 6. The average molecular weight is 224 g/mol. The molecule has 1 atom stereocenters. The molecule has 4 nitrogen and oxygen atoms in total. The van der Waals surface area contributed by atoms with Crippen LogP contribution in [0.25, 0.3) is 0 Å². The predicted octanol–water partition coefficient (Wildman–Crippen LogP) is 1.53. The largest absolute Gasteiger partial charge is 0.508 e. The maximum atomic E-state index is 9.33. The third kappa shape index (κ3) is 3.40. The maximum Gasteiger partial charge on any atom is 0.127 e. The molecular weight excluding hydrogens is 204 g/mol. The molecule has 90 valence electrons. The summed E-state index contributed by atoms with van der Waals surface area (Å²) in [6.45, 7) is 0.694. The highest BCUT2D eigenvalue weighted by molar-refractivity contribution is 5.41. The van der Waals surface area contributed by atoms with Gasteiger partial charge in [-0.2, -0.15) is 0 Å². The Kier molecular flexibility index (Phi) is 5.08. The van der Waals surface area contributed by atoms with Crippen molar-refractivity contribution in [1.29, 1.82) is 0 Å². The zero-order chi connectivity index (χ0) is 12.0. The summed E-state index contributed by atoms with van der Waals surface area (Å²) >= 11 is 0. The molecule has 5 N–H and O–H groups in total. The van der Waals surface area contributed by atoms with E-state index in [1.807, 2.05) is 0 Å². The molecule has 0 spiro atoms. The van der Waals surface area contributed by atoms with Crippen molar-refractivity contribution in [3.63, 3.8) is 0 Å². The number of phenolic OH excluding ortho intramolecular Hbond substituents is 1. The van der Waals surface area contributed by atoms with Crippen molar-refractivity contribution in [2.24, 2.45) is 11.5 Å². The first-order valence-electron chi connectivity index (χ1n) is 5.51. The number of aromatic hydroxyl groups is 1. The molecule has 0 aromatic heterocycles. The van der Waals surface area contributed by atoms with Gasteiger partial charge in [0.15, 0.2) is 0 Å². The zero-order valence-electron chi connectivity index (χ0n) is 9.65. The number of phenols is 1. The van der Waals surface area contributed by atoms with Crippen molar-refractivity contribution in [2.45, 2.75) is 25.3 Å². The molecule has 4 heteroatoms. The van der Waals surface area contributed by atoms with Crippen LogP contribution in [-0.2, 0) is 0 Å². The second kappa shape index (κ2) is 6.35. The third-order valence-electron chi connectivity index (χ3n) is 2.59. The highest BCUT2D eigenvalue weighted by Gasteiger charge is 2.11. The van der Waals surface area contributed by atoms with Gasteiger partial charge < -0.3 is 21.3 Å². The molecule has 0 saturated carbocycles. The monoisotopic (exact) mass is 224 g/mol. The minimum atomic E-state index is -0.0675. The van der Waals surface area contributed by atoms with Crippen LogP contribution in [0.4, 0.5) is 0 Å². The molecule has 0 bridgehead atoms. The Morgan fingerprint density at radius 3 is 2.75 bits per heavy atom. The van der Waals surface area contributed by atoms with Crippen LogP contribution < -0.4 is 16.2 Å². The molecule has 0 fully saturated rings. The second-order valence-corrected chi connectivity index (χ2v) is 3.82. The van der Waals surface area contributed by atoms with Gasteiger partial charge in [-0.25, -0.2) is 0 Å². The minimum absolute atomic E-state index is 0.0675. The molecule has 0 aliphatic rings. The van der Waals surface area contributed by atoms with Crippen LogP contribution in [0.5, 0.6) is 11.5 Å². The highest BCUT2D eigenvalue weighted by atomic mass is 16.5. The summed E-state index contributed by atoms with van der Waals surface area (Å²) in [5.41, 5.74) is 12.4. The Labute approximate surface area is 96.2 Å². The van der Waals surface area contributed by atoms with Gasteiger partial charge in [0.2, 0.25) is 0 Å². The maximum absolute atomic E-state index is 9.33. The molecule has 0 aliphatic heterocycles. The lowest BCUT2D eigenvalue weighted by molar-refractivity contribution is 0.397. The summed E-state index contributed by atoms with van der Waals surface area (Å²) in [7, 11) is 1.57. The lowest BCUT2D eigenvalue weighted by Crippen LogP contribution is -2.12. The van der Waals surface area contributed by atoms with Crippen LogP contribution in [0.1, 0.15) is 30.9 Å². The van der Waals surface area contributed by atoms with E-state index in [0.29, 0.717) is 12.3 Å². The van der Waals surface area contributed by atoms with Crippen molar-refractivity contribution < 1.29 is 9.84 Å². The van der Waals surface area contributed by atoms with E-state index in [0.717, 1.165) is 24.8 Å². The Bertz CT molecular complexity index is 329. The number of ether oxygens (including phenoxy) is 1. The van der Waals surface area contributed by atoms with Gasteiger partial charge in [0, 0.05) is 17.7 Å². The molecule has 1 rings (SSSR count). The quantitative estimate of drug-likeness (QED) is 0.640. The summed E-state index contributed by atoms with van der Waals surface area (Å²) in [5, 5.41) is 9.33. The van der Waals surface area contributed by atoms with Crippen LogP contribution in [-0.4, -0.2) is 18.8 Å². The molecule has 1 aromatic carbocycles. The standard InChI is InChI=1S/C12H20N2O2/c1-16-12-8-9(15)5-6-10(12)11(14)4-2-3-7-13/h5-6,8,11,15H,2-4,7,13-14H2,1H3/t11-/m0/s1. The molecule has 0 aliphatic carbocycles. The number of benzene rings is 1. The average Bonchev–Trinajstić information content (AvgIpc) is 2.29. The fourth-order valence-electron chi connectivity index (χ4n) is 1.67. The van der Waals surface area contributed by atoms with Gasteiger partial charge in [0.25, 0.3) is 0 Å². The van der Waals surface area contributed by atoms with E-state index in [1.165, 1.54) is 0 Å². The zero-order valence-corrected chi connectivity index (χ0v) is 9.65. The number of unbranched alkanes of at least 4 members (excludes halogenated alkanes) is 1. The Balaban J connectivity index is 2.70. The topological polar surface area (TPSA) is 81.5 Å². The summed E-state index contributed by atoms with van der Waals surface area (Å²) in [6.07, 6.45) is 2.86. The van der Waals surface area contributed by atoms with E-state index in [1.54, 1.807) is 25.3 Å². The molecule has 0 unspecified atom stereocenters. The Morgan fingerprint density at radius 2 is 2.12 bits per heavy atom. The van der Waals surface area contributed by atoms with Crippen LogP contribution in [0, 0.1) is 0 Å². The van der Waals surface area contributed by atoms with Gasteiger partial charge >= 0.3 is 0 Å². The van der Waals surface area contributed by atoms with Gasteiger partial charge in [0.1, 0.15) is 11.5 Å². The molecule has 16 heavy (non-hydrogen) atoms. The lowest BCUT2D eigenvalue weighted by Gasteiger charge is -2.15. The molecule has 0 amide bonds. The normalized spacial score (nSPS) is 12.4. The Hall–Kier alpha value is -1.26. The van der Waals surface area contributed by atoms with E-state index in [-0.39, 0.29) is 11.8 Å². The van der Waals surface area contributed by atoms with Gasteiger partial charge in [0.05, 0.1) is 7.11 Å². The molecular formula is C12H20N2O2. The highest BCUT2D eigenvalue weighted by Crippen LogP contribution is 2.29. The van der Waals surface area contributed by atoms with Crippen molar-refractivity contribution >= 4 is 0 Å². The number of methoxy groups -OCH3 is 1. The van der Waals surface area contributed by atoms with Crippen molar-refractivity contribution in [3.05, 3.63) is 23.8 Å². The second-order valence-electron chi connectivity index (χ2n) is 3.82. The van der Waals surface area contributed by atoms with E-state index < -0.39 is 0 Å². The third-order valence-corrected chi connectivity index (χ3v) is 2.59.